The van der Waals surface area contributed by atoms with Gasteiger partial charge in [0.2, 0.25) is 0 Å². The highest BCUT2D eigenvalue weighted by molar-refractivity contribution is 6.00. The molecule has 2 rings (SSSR count). The lowest BCUT2D eigenvalue weighted by molar-refractivity contribution is -0.467. The molecule has 0 unspecified atom stereocenters. The van der Waals surface area contributed by atoms with E-state index in [0.29, 0.717) is 11.2 Å². The van der Waals surface area contributed by atoms with Crippen LogP contribution >= 0.6 is 0 Å². The summed E-state index contributed by atoms with van der Waals surface area (Å²) in [4.78, 5) is 24.9. The first-order valence-corrected chi connectivity index (χ1v) is 4.92. The van der Waals surface area contributed by atoms with Crippen LogP contribution in [-0.4, -0.2) is 22.4 Å². The number of anilines is 1. The van der Waals surface area contributed by atoms with Crippen molar-refractivity contribution in [3.63, 3.8) is 0 Å². The van der Waals surface area contributed by atoms with Gasteiger partial charge in [-0.2, -0.15) is 0 Å². The molecule has 0 aliphatic carbocycles. The molecular formula is C11H9N3O3. The smallest absolute Gasteiger partial charge is 0.296 e. The number of pyridine rings is 1. The fourth-order valence-corrected chi connectivity index (χ4v) is 1.51. The molecule has 6 heteroatoms. The maximum Gasteiger partial charge on any atom is 0.296 e. The van der Waals surface area contributed by atoms with Crippen molar-refractivity contribution in [3.05, 3.63) is 46.6 Å². The van der Waals surface area contributed by atoms with E-state index in [1.54, 1.807) is 24.4 Å². The Bertz CT molecular complexity index is 578. The third-order valence-corrected chi connectivity index (χ3v) is 2.18. The van der Waals surface area contributed by atoms with Gasteiger partial charge in [0.15, 0.2) is 0 Å². The molecule has 2 aromatic rings. The first kappa shape index (κ1) is 11.0. The van der Waals surface area contributed by atoms with Gasteiger partial charge in [0.25, 0.3) is 12.5 Å². The summed E-state index contributed by atoms with van der Waals surface area (Å²) < 4.78 is 0. The topological polar surface area (TPSA) is 85.1 Å². The summed E-state index contributed by atoms with van der Waals surface area (Å²) in [7, 11) is 0. The van der Waals surface area contributed by atoms with E-state index in [4.69, 9.17) is 0 Å². The lowest BCUT2D eigenvalue weighted by Crippen LogP contribution is -2.21. The van der Waals surface area contributed by atoms with Crippen LogP contribution in [0.4, 0.5) is 5.69 Å². The number of benzene rings is 1. The quantitative estimate of drug-likeness (QED) is 0.639. The van der Waals surface area contributed by atoms with Crippen LogP contribution in [0.2, 0.25) is 0 Å². The van der Waals surface area contributed by atoms with Gasteiger partial charge in [0, 0.05) is 16.5 Å². The summed E-state index contributed by atoms with van der Waals surface area (Å²) in [6.45, 7) is -0.747. The minimum Gasteiger partial charge on any atom is -0.318 e. The van der Waals surface area contributed by atoms with Crippen LogP contribution in [0.5, 0.6) is 0 Å². The summed E-state index contributed by atoms with van der Waals surface area (Å²) in [6.07, 6.45) is 1.60. The Morgan fingerprint density at radius 3 is 2.88 bits per heavy atom. The summed E-state index contributed by atoms with van der Waals surface area (Å²) in [5.74, 6) is -0.659. The molecule has 0 saturated heterocycles. The van der Waals surface area contributed by atoms with Gasteiger partial charge >= 0.3 is 0 Å². The van der Waals surface area contributed by atoms with Crippen molar-refractivity contribution in [3.8, 4) is 0 Å². The van der Waals surface area contributed by atoms with Gasteiger partial charge in [-0.3, -0.25) is 19.9 Å². The Hall–Kier alpha value is -2.50. The zero-order chi connectivity index (χ0) is 12.3. The van der Waals surface area contributed by atoms with Gasteiger partial charge in [-0.25, -0.2) is 0 Å². The highest BCUT2D eigenvalue weighted by atomic mass is 16.6. The first-order chi connectivity index (χ1) is 8.16. The maximum absolute atomic E-state index is 11.3. The van der Waals surface area contributed by atoms with Gasteiger partial charge < -0.3 is 5.32 Å². The molecule has 17 heavy (non-hydrogen) atoms. The molecule has 1 heterocycles. The second kappa shape index (κ2) is 4.56. The zero-order valence-electron chi connectivity index (χ0n) is 8.79. The van der Waals surface area contributed by atoms with Crippen LogP contribution in [0, 0.1) is 10.1 Å². The highest BCUT2D eigenvalue weighted by Crippen LogP contribution is 2.20. The molecule has 0 radical (unpaired) electrons. The number of rotatable bonds is 3. The minimum absolute atomic E-state index is 0.481. The molecule has 0 spiro atoms. The van der Waals surface area contributed by atoms with Crippen molar-refractivity contribution < 1.29 is 9.72 Å². The number of nitro groups is 1. The Morgan fingerprint density at radius 2 is 2.12 bits per heavy atom. The molecule has 1 N–H and O–H groups in total. The number of aromatic nitrogens is 1. The van der Waals surface area contributed by atoms with Gasteiger partial charge in [-0.15, -0.1) is 0 Å². The normalized spacial score (nSPS) is 10.1. The standard InChI is InChI=1S/C11H9N3O3/c15-10(7-14(16)17)13-9-5-1-3-8-4-2-6-12-11(8)9/h1-6H,7H2,(H,13,15). The van der Waals surface area contributed by atoms with Crippen molar-refractivity contribution in [2.75, 3.05) is 11.9 Å². The summed E-state index contributed by atoms with van der Waals surface area (Å²) in [5.41, 5.74) is 1.10. The number of hydrogen-bond acceptors (Lipinski definition) is 4. The van der Waals surface area contributed by atoms with Crippen LogP contribution in [0.15, 0.2) is 36.5 Å². The third-order valence-electron chi connectivity index (χ3n) is 2.18. The van der Waals surface area contributed by atoms with Gasteiger partial charge in [0.1, 0.15) is 0 Å². The second-order valence-corrected chi connectivity index (χ2v) is 3.42. The lowest BCUT2D eigenvalue weighted by atomic mass is 10.2. The summed E-state index contributed by atoms with van der Waals surface area (Å²) in [6, 6.07) is 8.90. The molecule has 0 saturated carbocycles. The van der Waals surface area contributed by atoms with Crippen LogP contribution in [0.25, 0.3) is 10.9 Å². The number of nitrogens with one attached hydrogen (secondary N) is 1. The predicted molar refractivity (Wildman–Crippen MR) is 62.2 cm³/mol. The number of amides is 1. The van der Waals surface area contributed by atoms with E-state index in [0.717, 1.165) is 5.39 Å². The molecule has 0 aliphatic heterocycles. The minimum atomic E-state index is -0.747. The average molecular weight is 231 g/mol. The number of carbonyl (C=O) groups is 1. The van der Waals surface area contributed by atoms with E-state index in [9.17, 15) is 14.9 Å². The fraction of sp³-hybridized carbons (Fsp3) is 0.0909. The Balaban J connectivity index is 2.30. The van der Waals surface area contributed by atoms with Crippen LogP contribution in [0.1, 0.15) is 0 Å². The maximum atomic E-state index is 11.3. The van der Waals surface area contributed by atoms with E-state index in [-0.39, 0.29) is 0 Å². The molecule has 0 bridgehead atoms. The molecule has 1 aromatic heterocycles. The highest BCUT2D eigenvalue weighted by Gasteiger charge is 2.11. The summed E-state index contributed by atoms with van der Waals surface area (Å²) in [5, 5.41) is 13.5. The SMILES string of the molecule is O=C(C[N+](=O)[O-])Nc1cccc2cccnc12. The van der Waals surface area contributed by atoms with Crippen LogP contribution < -0.4 is 5.32 Å². The van der Waals surface area contributed by atoms with Crippen LogP contribution in [-0.2, 0) is 4.79 Å². The van der Waals surface area contributed by atoms with Crippen molar-refractivity contribution in [1.29, 1.82) is 0 Å². The van der Waals surface area contributed by atoms with Crippen LogP contribution in [0.3, 0.4) is 0 Å². The van der Waals surface area contributed by atoms with Crippen molar-refractivity contribution in [2.24, 2.45) is 0 Å². The molecule has 0 atom stereocenters. The molecule has 1 amide bonds. The number of nitrogens with zero attached hydrogens (tertiary/aromatic N) is 2. The second-order valence-electron chi connectivity index (χ2n) is 3.42. The number of para-hydroxylation sites is 1. The predicted octanol–water partition coefficient (Wildman–Crippen LogP) is 1.45. The van der Waals surface area contributed by atoms with E-state index in [1.165, 1.54) is 0 Å². The Labute approximate surface area is 96.4 Å². The zero-order valence-corrected chi connectivity index (χ0v) is 8.79. The van der Waals surface area contributed by atoms with E-state index >= 15 is 0 Å². The number of hydrogen-bond donors (Lipinski definition) is 1. The van der Waals surface area contributed by atoms with E-state index in [1.807, 2.05) is 12.1 Å². The van der Waals surface area contributed by atoms with Gasteiger partial charge in [-0.05, 0) is 12.1 Å². The number of fused-ring (bicyclic) bond motifs is 1. The summed E-state index contributed by atoms with van der Waals surface area (Å²) >= 11 is 0. The van der Waals surface area contributed by atoms with Crippen molar-refractivity contribution in [2.45, 2.75) is 0 Å². The molecule has 0 fully saturated rings. The molecule has 0 aliphatic rings. The van der Waals surface area contributed by atoms with E-state index < -0.39 is 17.4 Å². The van der Waals surface area contributed by atoms with Crippen molar-refractivity contribution >= 4 is 22.5 Å². The number of carbonyl (C=O) groups excluding carboxylic acids is 1. The van der Waals surface area contributed by atoms with Gasteiger partial charge in [-0.1, -0.05) is 18.2 Å². The molecular weight excluding hydrogens is 222 g/mol. The first-order valence-electron chi connectivity index (χ1n) is 4.92. The largest absolute Gasteiger partial charge is 0.318 e. The lowest BCUT2D eigenvalue weighted by Gasteiger charge is -2.05. The fourth-order valence-electron chi connectivity index (χ4n) is 1.51. The average Bonchev–Trinajstić information content (AvgIpc) is 2.28. The Morgan fingerprint density at radius 1 is 1.35 bits per heavy atom. The van der Waals surface area contributed by atoms with Crippen molar-refractivity contribution in [1.82, 2.24) is 4.98 Å². The van der Waals surface area contributed by atoms with E-state index in [2.05, 4.69) is 10.3 Å². The monoisotopic (exact) mass is 231 g/mol. The molecule has 86 valence electrons. The molecule has 6 nitrogen and oxygen atoms in total. The molecule has 1 aromatic carbocycles. The third kappa shape index (κ3) is 2.54. The van der Waals surface area contributed by atoms with Gasteiger partial charge in [0.05, 0.1) is 11.2 Å². The Kier molecular flexibility index (Phi) is 2.95.